The van der Waals surface area contributed by atoms with Gasteiger partial charge in [-0.1, -0.05) is 18.6 Å². The molecular weight excluding hydrogens is 320 g/mol. The van der Waals surface area contributed by atoms with Crippen LogP contribution < -0.4 is 4.72 Å². The number of aryl methyl sites for hydroxylation is 1. The van der Waals surface area contributed by atoms with Crippen LogP contribution in [0.25, 0.3) is 0 Å². The maximum atomic E-state index is 12.1. The summed E-state index contributed by atoms with van der Waals surface area (Å²) in [4.78, 5) is 0. The van der Waals surface area contributed by atoms with Crippen molar-refractivity contribution in [1.82, 2.24) is 19.7 Å². The van der Waals surface area contributed by atoms with Gasteiger partial charge in [0.1, 0.15) is 0 Å². The van der Waals surface area contributed by atoms with E-state index in [0.717, 1.165) is 12.8 Å². The quantitative estimate of drug-likeness (QED) is 0.898. The Hall–Kier alpha value is -0.470. The van der Waals surface area contributed by atoms with Crippen LogP contribution in [0.15, 0.2) is 9.63 Å². The van der Waals surface area contributed by atoms with Gasteiger partial charge < -0.3 is 0 Å². The van der Waals surface area contributed by atoms with E-state index in [1.165, 1.54) is 11.1 Å². The van der Waals surface area contributed by atoms with E-state index in [2.05, 4.69) is 37.9 Å². The Labute approximate surface area is 115 Å². The molecule has 0 amide bonds. The smallest absolute Gasteiger partial charge is 0.235 e. The van der Waals surface area contributed by atoms with Crippen molar-refractivity contribution < 1.29 is 8.42 Å². The number of nitrogens with one attached hydrogen (secondary N) is 1. The Morgan fingerprint density at radius 1 is 1.50 bits per heavy atom. The van der Waals surface area contributed by atoms with Gasteiger partial charge in [0.25, 0.3) is 10.0 Å². The molecule has 8 heteroatoms. The summed E-state index contributed by atoms with van der Waals surface area (Å²) in [6.45, 7) is 2.69. The molecule has 2 rings (SSSR count). The van der Waals surface area contributed by atoms with E-state index in [9.17, 15) is 8.42 Å². The van der Waals surface area contributed by atoms with Crippen molar-refractivity contribution >= 4 is 26.0 Å². The predicted octanol–water partition coefficient (Wildman–Crippen LogP) is 1.29. The van der Waals surface area contributed by atoms with Crippen molar-refractivity contribution in [3.8, 4) is 0 Å². The second-order valence-corrected chi connectivity index (χ2v) is 7.38. The number of hydrogen-bond donors (Lipinski definition) is 1. The number of sulfonamides is 1. The van der Waals surface area contributed by atoms with Crippen molar-refractivity contribution in [3.05, 3.63) is 4.60 Å². The third-order valence-corrected chi connectivity index (χ3v) is 5.67. The Balaban J connectivity index is 2.04. The van der Waals surface area contributed by atoms with Crippen LogP contribution in [0.2, 0.25) is 0 Å². The highest BCUT2D eigenvalue weighted by molar-refractivity contribution is 9.10. The standard InChI is InChI=1S/C10H17BrN4O2S/c1-7-3-4-8(5-7)6-12-18(16,17)10-9(11)13-14-15(10)2/h7-8,12H,3-6H2,1-2H3. The minimum atomic E-state index is -3.54. The van der Waals surface area contributed by atoms with Crippen LogP contribution in [-0.4, -0.2) is 30.0 Å². The minimum absolute atomic E-state index is 0.0774. The van der Waals surface area contributed by atoms with Crippen LogP contribution in [-0.2, 0) is 17.1 Å². The molecule has 6 nitrogen and oxygen atoms in total. The fourth-order valence-electron chi connectivity index (χ4n) is 2.41. The van der Waals surface area contributed by atoms with Crippen LogP contribution in [0.3, 0.4) is 0 Å². The molecular formula is C10H17BrN4O2S. The summed E-state index contributed by atoms with van der Waals surface area (Å²) in [6.07, 6.45) is 3.37. The second-order valence-electron chi connectivity index (χ2n) is 4.95. The van der Waals surface area contributed by atoms with Gasteiger partial charge in [0.15, 0.2) is 4.60 Å². The first-order valence-electron chi connectivity index (χ1n) is 5.95. The maximum Gasteiger partial charge on any atom is 0.260 e. The van der Waals surface area contributed by atoms with Gasteiger partial charge in [0, 0.05) is 13.6 Å². The normalized spacial score (nSPS) is 24.6. The monoisotopic (exact) mass is 336 g/mol. The molecule has 1 aromatic heterocycles. The van der Waals surface area contributed by atoms with Crippen molar-refractivity contribution in [1.29, 1.82) is 0 Å². The molecule has 1 heterocycles. The van der Waals surface area contributed by atoms with Crippen LogP contribution >= 0.6 is 15.9 Å². The third kappa shape index (κ3) is 2.92. The van der Waals surface area contributed by atoms with Gasteiger partial charge in [0.05, 0.1) is 0 Å². The number of aromatic nitrogens is 3. The largest absolute Gasteiger partial charge is 0.260 e. The highest BCUT2D eigenvalue weighted by Gasteiger charge is 2.27. The van der Waals surface area contributed by atoms with Crippen molar-refractivity contribution in [3.63, 3.8) is 0 Å². The van der Waals surface area contributed by atoms with E-state index in [4.69, 9.17) is 0 Å². The summed E-state index contributed by atoms with van der Waals surface area (Å²) < 4.78 is 28.4. The van der Waals surface area contributed by atoms with Crippen molar-refractivity contribution in [2.45, 2.75) is 31.2 Å². The molecule has 102 valence electrons. The molecule has 0 saturated heterocycles. The zero-order valence-electron chi connectivity index (χ0n) is 10.4. The summed E-state index contributed by atoms with van der Waals surface area (Å²) >= 11 is 3.10. The molecule has 0 bridgehead atoms. The van der Waals surface area contributed by atoms with Crippen molar-refractivity contribution in [2.24, 2.45) is 18.9 Å². The molecule has 2 unspecified atom stereocenters. The van der Waals surface area contributed by atoms with Crippen molar-refractivity contribution in [2.75, 3.05) is 6.54 Å². The molecule has 1 fully saturated rings. The van der Waals surface area contributed by atoms with E-state index < -0.39 is 10.0 Å². The molecule has 18 heavy (non-hydrogen) atoms. The van der Waals surface area contributed by atoms with Crippen LogP contribution in [0.4, 0.5) is 0 Å². The van der Waals surface area contributed by atoms with Gasteiger partial charge in [-0.25, -0.2) is 17.8 Å². The van der Waals surface area contributed by atoms with Gasteiger partial charge >= 0.3 is 0 Å². The van der Waals surface area contributed by atoms with E-state index >= 15 is 0 Å². The molecule has 2 atom stereocenters. The lowest BCUT2D eigenvalue weighted by atomic mass is 10.1. The number of halogens is 1. The highest BCUT2D eigenvalue weighted by Crippen LogP contribution is 2.30. The second kappa shape index (κ2) is 5.26. The van der Waals surface area contributed by atoms with E-state index in [-0.39, 0.29) is 9.63 Å². The lowest BCUT2D eigenvalue weighted by Crippen LogP contribution is -2.30. The topological polar surface area (TPSA) is 76.9 Å². The van der Waals surface area contributed by atoms with E-state index in [1.54, 1.807) is 7.05 Å². The highest BCUT2D eigenvalue weighted by atomic mass is 79.9. The molecule has 0 radical (unpaired) electrons. The van der Waals surface area contributed by atoms with E-state index in [1.807, 2.05) is 0 Å². The van der Waals surface area contributed by atoms with Gasteiger partial charge in [-0.15, -0.1) is 5.10 Å². The molecule has 1 aliphatic carbocycles. The van der Waals surface area contributed by atoms with Gasteiger partial charge in [-0.3, -0.25) is 0 Å². The molecule has 1 N–H and O–H groups in total. The van der Waals surface area contributed by atoms with Crippen LogP contribution in [0.5, 0.6) is 0 Å². The zero-order chi connectivity index (χ0) is 13.3. The van der Waals surface area contributed by atoms with E-state index in [0.29, 0.717) is 18.4 Å². The fraction of sp³-hybridized carbons (Fsp3) is 0.800. The predicted molar refractivity (Wildman–Crippen MR) is 70.4 cm³/mol. The van der Waals surface area contributed by atoms with Crippen LogP contribution in [0.1, 0.15) is 26.2 Å². The molecule has 0 aliphatic heterocycles. The lowest BCUT2D eigenvalue weighted by Gasteiger charge is -2.11. The van der Waals surface area contributed by atoms with Gasteiger partial charge in [-0.2, -0.15) is 0 Å². The Bertz CT molecular complexity index is 508. The first-order valence-corrected chi connectivity index (χ1v) is 8.22. The average Bonchev–Trinajstić information content (AvgIpc) is 2.83. The van der Waals surface area contributed by atoms with Crippen LogP contribution in [0, 0.1) is 11.8 Å². The van der Waals surface area contributed by atoms with Gasteiger partial charge in [-0.05, 0) is 40.6 Å². The summed E-state index contributed by atoms with van der Waals surface area (Å²) in [5, 5.41) is 7.44. The first-order chi connectivity index (χ1) is 8.40. The Kier molecular flexibility index (Phi) is 4.08. The summed E-state index contributed by atoms with van der Waals surface area (Å²) in [5.74, 6) is 1.14. The first kappa shape index (κ1) is 14.0. The summed E-state index contributed by atoms with van der Waals surface area (Å²) in [7, 11) is -1.98. The third-order valence-electron chi connectivity index (χ3n) is 3.36. The molecule has 1 aliphatic rings. The number of nitrogens with zero attached hydrogens (tertiary/aromatic N) is 3. The fourth-order valence-corrected chi connectivity index (χ4v) is 4.62. The minimum Gasteiger partial charge on any atom is -0.235 e. The average molecular weight is 337 g/mol. The number of hydrogen-bond acceptors (Lipinski definition) is 4. The lowest BCUT2D eigenvalue weighted by molar-refractivity contribution is 0.494. The molecule has 1 saturated carbocycles. The molecule has 0 aromatic carbocycles. The molecule has 0 spiro atoms. The summed E-state index contributed by atoms with van der Waals surface area (Å²) in [5.41, 5.74) is 0. The SMILES string of the molecule is CC1CCC(CNS(=O)(=O)c2c(Br)nnn2C)C1. The zero-order valence-corrected chi connectivity index (χ0v) is 12.8. The Morgan fingerprint density at radius 2 is 2.22 bits per heavy atom. The molecule has 1 aromatic rings. The van der Waals surface area contributed by atoms with Gasteiger partial charge in [0.2, 0.25) is 5.03 Å². The Morgan fingerprint density at radius 3 is 2.72 bits per heavy atom. The maximum absolute atomic E-state index is 12.1. The summed E-state index contributed by atoms with van der Waals surface area (Å²) in [6, 6.07) is 0. The number of rotatable bonds is 4.